The zero-order valence-electron chi connectivity index (χ0n) is 30.5. The molecule has 1 aromatic rings. The van der Waals surface area contributed by atoms with Crippen LogP contribution in [0.1, 0.15) is 77.4 Å². The third-order valence-corrected chi connectivity index (χ3v) is 11.1. The molecule has 3 aliphatic heterocycles. The van der Waals surface area contributed by atoms with Gasteiger partial charge in [0.1, 0.15) is 17.7 Å². The molecule has 0 saturated carbocycles. The van der Waals surface area contributed by atoms with E-state index in [9.17, 15) is 24.3 Å². The lowest BCUT2D eigenvalue weighted by Crippen LogP contribution is -2.59. The monoisotopic (exact) mass is 773 g/mol. The maximum Gasteiger partial charge on any atom is 0.313 e. The maximum absolute atomic E-state index is 14.8. The molecule has 12 heteroatoms. The molecule has 0 radical (unpaired) electrons. The quantitative estimate of drug-likeness (QED) is 0.0794. The first-order valence-electron chi connectivity index (χ1n) is 18.3. The highest BCUT2D eigenvalue weighted by Gasteiger charge is 2.77. The average molecular weight is 775 g/mol. The van der Waals surface area contributed by atoms with E-state index >= 15 is 0 Å². The fourth-order valence-electron chi connectivity index (χ4n) is 8.13. The lowest BCUT2D eigenvalue weighted by molar-refractivity contribution is -0.163. The van der Waals surface area contributed by atoms with Crippen LogP contribution < -0.4 is 5.32 Å². The zero-order chi connectivity index (χ0) is 37.3. The Bertz CT molecular complexity index is 1380. The Morgan fingerprint density at radius 2 is 1.92 bits per heavy atom. The summed E-state index contributed by atoms with van der Waals surface area (Å²) < 4.78 is 18.6. The molecule has 0 aliphatic carbocycles. The fourth-order valence-corrected chi connectivity index (χ4v) is 9.07. The summed E-state index contributed by atoms with van der Waals surface area (Å²) in [6.45, 7) is 14.2. The van der Waals surface area contributed by atoms with E-state index in [2.05, 4.69) is 41.3 Å². The van der Waals surface area contributed by atoms with Gasteiger partial charge >= 0.3 is 5.97 Å². The van der Waals surface area contributed by atoms with Crippen LogP contribution in [0, 0.1) is 17.8 Å². The van der Waals surface area contributed by atoms with E-state index in [1.807, 2.05) is 44.2 Å². The smallest absolute Gasteiger partial charge is 0.313 e. The van der Waals surface area contributed by atoms with Crippen molar-refractivity contribution in [1.29, 1.82) is 0 Å². The second-order valence-electron chi connectivity index (χ2n) is 14.4. The number of rotatable bonds is 21. The Balaban J connectivity index is 1.76. The van der Waals surface area contributed by atoms with Crippen LogP contribution in [-0.2, 0) is 33.4 Å². The van der Waals surface area contributed by atoms with Crippen molar-refractivity contribution in [2.24, 2.45) is 17.8 Å². The Labute approximate surface area is 311 Å². The van der Waals surface area contributed by atoms with E-state index in [1.54, 1.807) is 17.1 Å². The molecule has 1 aromatic carbocycles. The van der Waals surface area contributed by atoms with Gasteiger partial charge in [0.25, 0.3) is 0 Å². The van der Waals surface area contributed by atoms with E-state index in [1.165, 1.54) is 12.0 Å². The van der Waals surface area contributed by atoms with Gasteiger partial charge in [0, 0.05) is 31.4 Å². The van der Waals surface area contributed by atoms with Gasteiger partial charge in [-0.3, -0.25) is 19.2 Å². The Hall–Kier alpha value is -3.06. The number of alkyl halides is 1. The summed E-state index contributed by atoms with van der Waals surface area (Å²) in [7, 11) is 1.51. The number of carbonyl (C=O) groups excluding carboxylic acids is 4. The molecule has 3 amide bonds. The summed E-state index contributed by atoms with van der Waals surface area (Å²) in [5.74, 6) is -3.53. The van der Waals surface area contributed by atoms with Gasteiger partial charge in [0.15, 0.2) is 0 Å². The summed E-state index contributed by atoms with van der Waals surface area (Å²) >= 11 is 3.75. The van der Waals surface area contributed by atoms with Crippen LogP contribution in [0.5, 0.6) is 0 Å². The zero-order valence-corrected chi connectivity index (χ0v) is 32.1. The van der Waals surface area contributed by atoms with Crippen LogP contribution in [0.15, 0.2) is 55.6 Å². The number of fused-ring (bicyclic) bond motifs is 1. The average Bonchev–Trinajstić information content (AvgIpc) is 3.71. The lowest BCUT2D eigenvalue weighted by Gasteiger charge is -2.40. The molecule has 3 saturated heterocycles. The molecule has 9 atom stereocenters. The number of methoxy groups -OCH3 is 1. The Morgan fingerprint density at radius 3 is 2.53 bits per heavy atom. The molecular formula is C39H56BrN3O8. The first-order chi connectivity index (χ1) is 24.5. The van der Waals surface area contributed by atoms with E-state index < -0.39 is 59.6 Å². The molecule has 3 heterocycles. The molecule has 51 heavy (non-hydrogen) atoms. The third-order valence-electron chi connectivity index (χ3n) is 10.3. The lowest BCUT2D eigenvalue weighted by atomic mass is 9.70. The second-order valence-corrected chi connectivity index (χ2v) is 15.6. The largest absolute Gasteiger partial charge is 0.455 e. The number of ether oxygens (including phenoxy) is 3. The molecular weight excluding hydrogens is 718 g/mol. The molecule has 3 aliphatic rings. The third kappa shape index (κ3) is 8.77. The number of aliphatic hydroxyl groups is 1. The molecule has 3 fully saturated rings. The second kappa shape index (κ2) is 18.6. The number of aliphatic hydroxyl groups excluding tert-OH is 1. The van der Waals surface area contributed by atoms with Crippen molar-refractivity contribution in [2.75, 3.05) is 33.4 Å². The maximum atomic E-state index is 14.8. The number of likely N-dealkylation sites (tertiary alicyclic amines) is 1. The number of halogens is 1. The van der Waals surface area contributed by atoms with Gasteiger partial charge < -0.3 is 34.4 Å². The summed E-state index contributed by atoms with van der Waals surface area (Å²) in [6.07, 6.45) is 5.81. The minimum atomic E-state index is -1.32. The number of amides is 3. The van der Waals surface area contributed by atoms with E-state index in [0.717, 1.165) is 19.3 Å². The number of nitrogens with zero attached hydrogens (tertiary/aromatic N) is 2. The number of benzene rings is 1. The van der Waals surface area contributed by atoms with Crippen molar-refractivity contribution in [3.63, 3.8) is 0 Å². The minimum Gasteiger partial charge on any atom is -0.455 e. The summed E-state index contributed by atoms with van der Waals surface area (Å²) in [6, 6.07) is 6.65. The van der Waals surface area contributed by atoms with Crippen LogP contribution in [0.3, 0.4) is 0 Å². The number of hydrogen-bond donors (Lipinski definition) is 2. The number of hydrogen-bond acceptors (Lipinski definition) is 8. The molecule has 1 spiro atoms. The predicted molar refractivity (Wildman–Crippen MR) is 198 cm³/mol. The van der Waals surface area contributed by atoms with E-state index in [4.69, 9.17) is 14.2 Å². The van der Waals surface area contributed by atoms with Crippen molar-refractivity contribution >= 4 is 39.6 Å². The molecule has 1 unspecified atom stereocenters. The van der Waals surface area contributed by atoms with Gasteiger partial charge in [-0.25, -0.2) is 0 Å². The van der Waals surface area contributed by atoms with Gasteiger partial charge in [0.2, 0.25) is 17.7 Å². The Morgan fingerprint density at radius 1 is 1.20 bits per heavy atom. The number of unbranched alkanes of at least 4 members (excludes halogenated alkanes) is 2. The first-order valence-corrected chi connectivity index (χ1v) is 19.2. The highest BCUT2D eigenvalue weighted by molar-refractivity contribution is 9.09. The standard InChI is InChI=1S/C39H56BrN3O8/c1-7-10-15-20-42(19-9-3)37(47)35-39-22-28(40)34(51-39)31(32(39)36(46)43(35)27(23-44)21-25(4)5)38(48)50-33(26-16-13-12-14-17-26)29(24-49-6)41-30(45)18-11-8-2/h8-9,12-14,16-17,25,27-29,31-35,44H,2-3,7,10-11,15,18-24H2,1,4-6H3,(H,41,45)/t27-,28?,29+,31+,32-,33+,34+,35+,39-/m1/s1. The van der Waals surface area contributed by atoms with Crippen molar-refractivity contribution in [2.45, 2.75) is 106 Å². The summed E-state index contributed by atoms with van der Waals surface area (Å²) in [5.41, 5.74) is -0.679. The fraction of sp³-hybridized carbons (Fsp3) is 0.641. The van der Waals surface area contributed by atoms with E-state index in [0.29, 0.717) is 37.9 Å². The minimum absolute atomic E-state index is 0.0551. The van der Waals surface area contributed by atoms with Gasteiger partial charge in [-0.05, 0) is 37.2 Å². The number of nitrogens with one attached hydrogen (secondary N) is 1. The molecule has 11 nitrogen and oxygen atoms in total. The highest BCUT2D eigenvalue weighted by Crippen LogP contribution is 2.61. The predicted octanol–water partition coefficient (Wildman–Crippen LogP) is 4.73. The van der Waals surface area contributed by atoms with Gasteiger partial charge in [-0.2, -0.15) is 0 Å². The molecule has 2 bridgehead atoms. The topological polar surface area (TPSA) is 135 Å². The van der Waals surface area contributed by atoms with Crippen LogP contribution in [0.2, 0.25) is 0 Å². The SMILES string of the molecule is C=CCCC(=O)N[C@@H](COC)[C@@H](OC(=O)[C@@H]1[C@H]2O[C@@]3(CC2Br)[C@H](C(=O)N(CC=C)CCCCC)N([C@@H](CO)CC(C)C)C(=O)[C@@H]13)c1ccccc1. The molecule has 282 valence electrons. The highest BCUT2D eigenvalue weighted by atomic mass is 79.9. The van der Waals surface area contributed by atoms with Crippen LogP contribution in [0.25, 0.3) is 0 Å². The van der Waals surface area contributed by atoms with Gasteiger partial charge in [0.05, 0.1) is 43.2 Å². The van der Waals surface area contributed by atoms with Gasteiger partial charge in [-0.1, -0.05) is 92.0 Å². The van der Waals surface area contributed by atoms with Crippen molar-refractivity contribution in [3.05, 3.63) is 61.2 Å². The Kier molecular flexibility index (Phi) is 14.9. The number of esters is 1. The van der Waals surface area contributed by atoms with Gasteiger partial charge in [-0.15, -0.1) is 13.2 Å². The summed E-state index contributed by atoms with van der Waals surface area (Å²) in [4.78, 5) is 59.9. The van der Waals surface area contributed by atoms with Crippen molar-refractivity contribution in [3.8, 4) is 0 Å². The van der Waals surface area contributed by atoms with E-state index in [-0.39, 0.29) is 42.2 Å². The summed E-state index contributed by atoms with van der Waals surface area (Å²) in [5, 5.41) is 13.6. The van der Waals surface area contributed by atoms with Crippen LogP contribution >= 0.6 is 15.9 Å². The first kappa shape index (κ1) is 40.7. The molecule has 0 aromatic heterocycles. The number of carbonyl (C=O) groups is 4. The normalized spacial score (nSPS) is 26.8. The van der Waals surface area contributed by atoms with Crippen molar-refractivity contribution < 1.29 is 38.5 Å². The van der Waals surface area contributed by atoms with Crippen LogP contribution in [0.4, 0.5) is 0 Å². The van der Waals surface area contributed by atoms with Crippen LogP contribution in [-0.4, -0.2) is 107 Å². The molecule has 4 rings (SSSR count). The molecule has 2 N–H and O–H groups in total. The number of allylic oxidation sites excluding steroid dienone is 1. The van der Waals surface area contributed by atoms with Crippen molar-refractivity contribution in [1.82, 2.24) is 15.1 Å².